The zero-order valence-corrected chi connectivity index (χ0v) is 12.6. The van der Waals surface area contributed by atoms with Gasteiger partial charge < -0.3 is 17.5 Å². The van der Waals surface area contributed by atoms with E-state index in [-0.39, 0.29) is 38.3 Å². The van der Waals surface area contributed by atoms with Crippen molar-refractivity contribution in [2.75, 3.05) is 7.11 Å². The van der Waals surface area contributed by atoms with E-state index in [1.807, 2.05) is 24.3 Å². The minimum absolute atomic E-state index is 0. The number of halogens is 1. The molecule has 1 N–H and O–H groups in total. The Bertz CT molecular complexity index is 153. The predicted octanol–water partition coefficient (Wildman–Crippen LogP) is -0.779. The second-order valence-corrected chi connectivity index (χ2v) is 2.01. The van der Waals surface area contributed by atoms with E-state index in [1.165, 1.54) is 0 Å². The molecule has 14 heavy (non-hydrogen) atoms. The molecule has 78 valence electrons. The Hall–Kier alpha value is 0.0801. The zero-order valence-electron chi connectivity index (χ0n) is 8.20. The van der Waals surface area contributed by atoms with Gasteiger partial charge >= 0.3 is 0 Å². The van der Waals surface area contributed by atoms with Crippen LogP contribution in [-0.4, -0.2) is 12.2 Å². The summed E-state index contributed by atoms with van der Waals surface area (Å²) in [4.78, 5) is 0. The Morgan fingerprint density at radius 3 is 1.36 bits per heavy atom. The molecule has 2 aliphatic carbocycles. The van der Waals surface area contributed by atoms with Gasteiger partial charge in [-0.1, -0.05) is 0 Å². The molecule has 0 aromatic rings. The van der Waals surface area contributed by atoms with Crippen LogP contribution in [-0.2, 0) is 25.8 Å². The minimum Gasteiger partial charge on any atom is -1.00 e. The molecule has 2 aliphatic rings. The fraction of sp³-hybridized carbons (Fsp3) is 0.273. The van der Waals surface area contributed by atoms with Gasteiger partial charge in [-0.15, -0.1) is 12.8 Å². The molecule has 0 aromatic carbocycles. The van der Waals surface area contributed by atoms with E-state index in [0.29, 0.717) is 0 Å². The monoisotopic (exact) mass is 377 g/mol. The van der Waals surface area contributed by atoms with E-state index in [2.05, 4.69) is 24.3 Å². The zero-order chi connectivity index (χ0) is 9.07. The van der Waals surface area contributed by atoms with Crippen LogP contribution in [0.2, 0.25) is 0 Å². The molecular weight excluding hydrogens is 362 g/mol. The van der Waals surface area contributed by atoms with Crippen molar-refractivity contribution in [1.29, 1.82) is 0 Å². The Kier molecular flexibility index (Phi) is 26.3. The van der Waals surface area contributed by atoms with Crippen molar-refractivity contribution in [3.05, 3.63) is 48.6 Å². The number of rotatable bonds is 0. The molecule has 0 amide bonds. The Balaban J connectivity index is -0.000000131. The first-order chi connectivity index (χ1) is 6.00. The minimum atomic E-state index is 0. The van der Waals surface area contributed by atoms with Crippen LogP contribution < -0.4 is 12.4 Å². The molecule has 0 unspecified atom stereocenters. The average molecular weight is 376 g/mol. The van der Waals surface area contributed by atoms with E-state index in [0.717, 1.165) is 20.0 Å². The molecule has 0 spiro atoms. The summed E-state index contributed by atoms with van der Waals surface area (Å²) >= 11 is 0. The maximum Gasteiger partial charge on any atom is 0.0319 e. The third kappa shape index (κ3) is 14.6. The molecule has 0 aliphatic heterocycles. The van der Waals surface area contributed by atoms with E-state index in [4.69, 9.17) is 5.11 Å². The predicted molar refractivity (Wildman–Crippen MR) is 51.3 cm³/mol. The Labute approximate surface area is 111 Å². The second kappa shape index (κ2) is 18.8. The molecule has 3 heteroatoms. The Morgan fingerprint density at radius 2 is 1.29 bits per heavy atom. The second-order valence-electron chi connectivity index (χ2n) is 2.01. The summed E-state index contributed by atoms with van der Waals surface area (Å²) in [6, 6.07) is 0. The van der Waals surface area contributed by atoms with Crippen LogP contribution >= 0.6 is 0 Å². The van der Waals surface area contributed by atoms with E-state index in [9.17, 15) is 0 Å². The van der Waals surface area contributed by atoms with Crippen LogP contribution in [0.4, 0.5) is 0 Å². The first kappa shape index (κ1) is 19.6. The summed E-state index contributed by atoms with van der Waals surface area (Å²) in [6.45, 7) is 0. The molecule has 0 radical (unpaired) electrons. The molecule has 2 rings (SSSR count). The summed E-state index contributed by atoms with van der Waals surface area (Å²) in [6.07, 6.45) is 20.0. The summed E-state index contributed by atoms with van der Waals surface area (Å²) in [7, 11) is 1.00. The van der Waals surface area contributed by atoms with Crippen molar-refractivity contribution in [3.8, 4) is 0 Å². The molecule has 0 saturated heterocycles. The fourth-order valence-corrected chi connectivity index (χ4v) is 0.680. The largest absolute Gasteiger partial charge is 1.00 e. The van der Waals surface area contributed by atoms with Gasteiger partial charge in [0.2, 0.25) is 0 Å². The normalized spacial score (nSPS) is 13.0. The standard InChI is InChI=1S/2C5H5.CH4O.ClH.Hf/c2*1-2-4-5-3-1;1-2;;/h2*1-3H,4H2;2H,1H3;1H;/q2*-1;;;/p-1. The molecule has 0 heterocycles. The van der Waals surface area contributed by atoms with Crippen molar-refractivity contribution < 1.29 is 43.4 Å². The van der Waals surface area contributed by atoms with Crippen molar-refractivity contribution >= 4 is 0 Å². The number of allylic oxidation sites excluding steroid dienone is 8. The summed E-state index contributed by atoms with van der Waals surface area (Å²) in [5, 5.41) is 7.00. The number of aliphatic hydroxyl groups is 1. The quantitative estimate of drug-likeness (QED) is 0.435. The van der Waals surface area contributed by atoms with E-state index < -0.39 is 0 Å². The molecule has 0 bridgehead atoms. The van der Waals surface area contributed by atoms with Crippen LogP contribution in [0.1, 0.15) is 12.8 Å². The third-order valence-electron chi connectivity index (χ3n) is 1.17. The van der Waals surface area contributed by atoms with Crippen molar-refractivity contribution in [3.63, 3.8) is 0 Å². The number of hydrogen-bond donors (Lipinski definition) is 1. The molecule has 1 nitrogen and oxygen atoms in total. The van der Waals surface area contributed by atoms with E-state index >= 15 is 0 Å². The molecule has 0 fully saturated rings. The van der Waals surface area contributed by atoms with Crippen molar-refractivity contribution in [1.82, 2.24) is 0 Å². The van der Waals surface area contributed by atoms with Gasteiger partial charge in [0.25, 0.3) is 0 Å². The summed E-state index contributed by atoms with van der Waals surface area (Å²) in [5.74, 6) is 0. The third-order valence-corrected chi connectivity index (χ3v) is 1.17. The van der Waals surface area contributed by atoms with Gasteiger partial charge in [0.05, 0.1) is 0 Å². The van der Waals surface area contributed by atoms with Crippen LogP contribution in [0.5, 0.6) is 0 Å². The van der Waals surface area contributed by atoms with E-state index in [1.54, 1.807) is 0 Å². The van der Waals surface area contributed by atoms with Crippen LogP contribution in [0.3, 0.4) is 0 Å². The molecular formula is C11H14ClHfO-3. The van der Waals surface area contributed by atoms with Crippen LogP contribution in [0.25, 0.3) is 0 Å². The number of hydrogen-bond acceptors (Lipinski definition) is 1. The molecule has 0 aromatic heterocycles. The smallest absolute Gasteiger partial charge is 0.0319 e. The van der Waals surface area contributed by atoms with Gasteiger partial charge in [-0.3, -0.25) is 12.2 Å². The fourth-order valence-electron chi connectivity index (χ4n) is 0.680. The van der Waals surface area contributed by atoms with Gasteiger partial charge in [0, 0.05) is 33.0 Å². The van der Waals surface area contributed by atoms with Gasteiger partial charge in [0.15, 0.2) is 0 Å². The summed E-state index contributed by atoms with van der Waals surface area (Å²) < 4.78 is 0. The van der Waals surface area contributed by atoms with Gasteiger partial charge in [0.1, 0.15) is 0 Å². The van der Waals surface area contributed by atoms with Crippen molar-refractivity contribution in [2.45, 2.75) is 12.8 Å². The Morgan fingerprint density at radius 1 is 0.929 bits per heavy atom. The SMILES string of the molecule is CO.[C-]1=CC=CC1.[C-]1=CC=CC1.[Cl-].[Hf]. The van der Waals surface area contributed by atoms with Crippen molar-refractivity contribution in [2.24, 2.45) is 0 Å². The van der Waals surface area contributed by atoms with Gasteiger partial charge in [-0.25, -0.2) is 24.3 Å². The first-order valence-electron chi connectivity index (χ1n) is 3.88. The van der Waals surface area contributed by atoms with Gasteiger partial charge in [-0.05, 0) is 0 Å². The molecule has 0 atom stereocenters. The number of aliphatic hydroxyl groups excluding tert-OH is 1. The maximum atomic E-state index is 7.00. The first-order valence-corrected chi connectivity index (χ1v) is 3.88. The topological polar surface area (TPSA) is 20.2 Å². The van der Waals surface area contributed by atoms with Crippen LogP contribution in [0.15, 0.2) is 36.5 Å². The molecule has 0 saturated carbocycles. The summed E-state index contributed by atoms with van der Waals surface area (Å²) in [5.41, 5.74) is 0. The van der Waals surface area contributed by atoms with Crippen LogP contribution in [0, 0.1) is 12.2 Å². The van der Waals surface area contributed by atoms with Gasteiger partial charge in [-0.2, -0.15) is 12.2 Å². The maximum absolute atomic E-state index is 7.00. The average Bonchev–Trinajstić information content (AvgIpc) is 2.87.